The molecular weight excluding hydrogens is 465 g/mol. The van der Waals surface area contributed by atoms with Crippen molar-refractivity contribution in [3.05, 3.63) is 63.6 Å². The number of hydrogen-bond acceptors (Lipinski definition) is 5. The van der Waals surface area contributed by atoms with Crippen LogP contribution in [-0.4, -0.2) is 55.0 Å². The van der Waals surface area contributed by atoms with Gasteiger partial charge in [0.1, 0.15) is 17.5 Å². The molecule has 0 aromatic heterocycles. The fourth-order valence-electron chi connectivity index (χ4n) is 3.23. The Hall–Kier alpha value is -2.62. The third-order valence-corrected chi connectivity index (χ3v) is 7.47. The van der Waals surface area contributed by atoms with Gasteiger partial charge in [-0.2, -0.15) is 0 Å². The minimum absolute atomic E-state index is 0.00526. The first-order valence-electron chi connectivity index (χ1n) is 9.19. The molecule has 0 saturated carbocycles. The van der Waals surface area contributed by atoms with Crippen LogP contribution in [0.15, 0.2) is 47.4 Å². The highest BCUT2D eigenvalue weighted by Gasteiger charge is 2.43. The lowest BCUT2D eigenvalue weighted by Crippen LogP contribution is -2.50. The fraction of sp³-hybridized carbons (Fsp3) is 0.250. The monoisotopic (exact) mass is 483 g/mol. The minimum Gasteiger partial charge on any atom is -0.357 e. The van der Waals surface area contributed by atoms with E-state index < -0.39 is 40.3 Å². The van der Waals surface area contributed by atoms with E-state index >= 15 is 0 Å². The summed E-state index contributed by atoms with van der Waals surface area (Å²) in [5.41, 5.74) is 0.586. The van der Waals surface area contributed by atoms with Gasteiger partial charge in [-0.25, -0.2) is 12.7 Å². The number of halogens is 2. The smallest absolute Gasteiger partial charge is 0.269 e. The summed E-state index contributed by atoms with van der Waals surface area (Å²) in [6.45, 7) is 0.723. The predicted molar refractivity (Wildman–Crippen MR) is 115 cm³/mol. The molecule has 0 radical (unpaired) electrons. The zero-order valence-corrected chi connectivity index (χ0v) is 19.0. The number of amides is 3. The summed E-state index contributed by atoms with van der Waals surface area (Å²) >= 11 is 12.0. The molecule has 1 aliphatic heterocycles. The number of sulfonamides is 1. The number of rotatable bonds is 6. The molecule has 3 rings (SSSR count). The highest BCUT2D eigenvalue weighted by Crippen LogP contribution is 2.30. The Morgan fingerprint density at radius 1 is 1.13 bits per heavy atom. The summed E-state index contributed by atoms with van der Waals surface area (Å²) in [7, 11) is -2.74. The van der Waals surface area contributed by atoms with Crippen molar-refractivity contribution in [3.63, 3.8) is 0 Å². The Balaban J connectivity index is 1.91. The van der Waals surface area contributed by atoms with Crippen molar-refractivity contribution in [2.24, 2.45) is 0 Å². The van der Waals surface area contributed by atoms with Crippen LogP contribution >= 0.6 is 23.2 Å². The maximum atomic E-state index is 13.1. The standard InChI is InChI=1S/C20H19Cl2N3O5S/c1-12(19(27)23-2)24(10-13-7-8-15(21)16(22)9-13)18(26)11-25-20(28)14-5-3-4-6-17(14)31(25,29)30/h3-9,12H,10-11H2,1-2H3,(H,23,27)/t12-/m1/s1. The fourth-order valence-corrected chi connectivity index (χ4v) is 5.07. The van der Waals surface area contributed by atoms with Gasteiger partial charge < -0.3 is 10.2 Å². The molecule has 0 bridgehead atoms. The first-order chi connectivity index (χ1) is 14.6. The number of nitrogens with zero attached hydrogens (tertiary/aromatic N) is 2. The summed E-state index contributed by atoms with van der Waals surface area (Å²) < 4.78 is 26.1. The van der Waals surface area contributed by atoms with Crippen molar-refractivity contribution in [3.8, 4) is 0 Å². The van der Waals surface area contributed by atoms with Crippen LogP contribution in [0, 0.1) is 0 Å². The van der Waals surface area contributed by atoms with Crippen LogP contribution in [0.1, 0.15) is 22.8 Å². The molecular formula is C20H19Cl2N3O5S. The maximum absolute atomic E-state index is 13.1. The summed E-state index contributed by atoms with van der Waals surface area (Å²) in [4.78, 5) is 39.0. The highest BCUT2D eigenvalue weighted by molar-refractivity contribution is 7.90. The SMILES string of the molecule is CNC(=O)[C@@H](C)N(Cc1ccc(Cl)c(Cl)c1)C(=O)CN1C(=O)c2ccccc2S1(=O)=O. The van der Waals surface area contributed by atoms with Crippen molar-refractivity contribution in [2.75, 3.05) is 13.6 Å². The summed E-state index contributed by atoms with van der Waals surface area (Å²) in [5, 5.41) is 3.06. The Bertz CT molecular complexity index is 1170. The zero-order valence-electron chi connectivity index (χ0n) is 16.6. The number of nitrogens with one attached hydrogen (secondary N) is 1. The number of hydrogen-bond donors (Lipinski definition) is 1. The molecule has 2 aromatic carbocycles. The van der Waals surface area contributed by atoms with E-state index in [-0.39, 0.29) is 22.0 Å². The number of likely N-dealkylation sites (N-methyl/N-ethyl adjacent to an activating group) is 1. The average Bonchev–Trinajstić information content (AvgIpc) is 2.94. The lowest BCUT2D eigenvalue weighted by Gasteiger charge is -2.29. The van der Waals surface area contributed by atoms with Crippen molar-refractivity contribution in [1.82, 2.24) is 14.5 Å². The summed E-state index contributed by atoms with van der Waals surface area (Å²) in [6, 6.07) is 9.55. The number of carbonyl (C=O) groups is 3. The third-order valence-electron chi connectivity index (χ3n) is 4.94. The molecule has 31 heavy (non-hydrogen) atoms. The Morgan fingerprint density at radius 2 is 1.81 bits per heavy atom. The molecule has 0 spiro atoms. The topological polar surface area (TPSA) is 104 Å². The maximum Gasteiger partial charge on any atom is 0.269 e. The van der Waals surface area contributed by atoms with Gasteiger partial charge in [-0.1, -0.05) is 41.4 Å². The van der Waals surface area contributed by atoms with Crippen LogP contribution in [0.4, 0.5) is 0 Å². The van der Waals surface area contributed by atoms with Gasteiger partial charge >= 0.3 is 0 Å². The molecule has 1 aliphatic rings. The van der Waals surface area contributed by atoms with Crippen molar-refractivity contribution < 1.29 is 22.8 Å². The molecule has 0 aliphatic carbocycles. The van der Waals surface area contributed by atoms with E-state index in [0.29, 0.717) is 14.9 Å². The van der Waals surface area contributed by atoms with E-state index in [4.69, 9.17) is 23.2 Å². The van der Waals surface area contributed by atoms with E-state index in [9.17, 15) is 22.8 Å². The van der Waals surface area contributed by atoms with Gasteiger partial charge in [0.15, 0.2) is 0 Å². The largest absolute Gasteiger partial charge is 0.357 e. The first kappa shape index (κ1) is 23.1. The lowest BCUT2D eigenvalue weighted by molar-refractivity contribution is -0.140. The van der Waals surface area contributed by atoms with Gasteiger partial charge in [-0.05, 0) is 36.8 Å². The molecule has 3 amide bonds. The third kappa shape index (κ3) is 4.39. The minimum atomic E-state index is -4.16. The summed E-state index contributed by atoms with van der Waals surface area (Å²) in [6.07, 6.45) is 0. The molecule has 2 aromatic rings. The van der Waals surface area contributed by atoms with E-state index in [0.717, 1.165) is 0 Å². The second-order valence-electron chi connectivity index (χ2n) is 6.87. The second-order valence-corrected chi connectivity index (χ2v) is 9.52. The number of fused-ring (bicyclic) bond motifs is 1. The van der Waals surface area contributed by atoms with Crippen molar-refractivity contribution >= 4 is 50.9 Å². The molecule has 0 saturated heterocycles. The van der Waals surface area contributed by atoms with Gasteiger partial charge in [-0.15, -0.1) is 0 Å². The Labute approximate surface area is 189 Å². The van der Waals surface area contributed by atoms with Gasteiger partial charge in [-0.3, -0.25) is 14.4 Å². The molecule has 0 fully saturated rings. The first-order valence-corrected chi connectivity index (χ1v) is 11.4. The van der Waals surface area contributed by atoms with Crippen LogP contribution < -0.4 is 5.32 Å². The molecule has 1 heterocycles. The van der Waals surface area contributed by atoms with Gasteiger partial charge in [0, 0.05) is 13.6 Å². The number of benzene rings is 2. The zero-order chi connectivity index (χ0) is 22.9. The predicted octanol–water partition coefficient (Wildman–Crippen LogP) is 2.30. The van der Waals surface area contributed by atoms with Crippen LogP contribution in [0.2, 0.25) is 10.0 Å². The van der Waals surface area contributed by atoms with Gasteiger partial charge in [0.25, 0.3) is 15.9 Å². The summed E-state index contributed by atoms with van der Waals surface area (Å²) in [5.74, 6) is -1.95. The lowest BCUT2D eigenvalue weighted by atomic mass is 10.1. The van der Waals surface area contributed by atoms with Crippen LogP contribution in [0.25, 0.3) is 0 Å². The van der Waals surface area contributed by atoms with E-state index in [1.165, 1.54) is 37.1 Å². The van der Waals surface area contributed by atoms with E-state index in [1.54, 1.807) is 24.3 Å². The van der Waals surface area contributed by atoms with Crippen molar-refractivity contribution in [1.29, 1.82) is 0 Å². The number of carbonyl (C=O) groups excluding carboxylic acids is 3. The van der Waals surface area contributed by atoms with Gasteiger partial charge in [0.05, 0.1) is 15.6 Å². The van der Waals surface area contributed by atoms with E-state index in [2.05, 4.69) is 5.32 Å². The molecule has 11 heteroatoms. The van der Waals surface area contributed by atoms with E-state index in [1.807, 2.05) is 0 Å². The molecule has 0 unspecified atom stereocenters. The Morgan fingerprint density at radius 3 is 2.42 bits per heavy atom. The van der Waals surface area contributed by atoms with Gasteiger partial charge in [0.2, 0.25) is 11.8 Å². The average molecular weight is 484 g/mol. The normalized spacial score (nSPS) is 15.4. The van der Waals surface area contributed by atoms with Crippen LogP contribution in [-0.2, 0) is 26.2 Å². The van der Waals surface area contributed by atoms with Crippen molar-refractivity contribution in [2.45, 2.75) is 24.4 Å². The second kappa shape index (κ2) is 8.86. The quantitative estimate of drug-likeness (QED) is 0.678. The Kier molecular flexibility index (Phi) is 6.59. The molecule has 8 nitrogen and oxygen atoms in total. The van der Waals surface area contributed by atoms with Crippen LogP contribution in [0.5, 0.6) is 0 Å². The molecule has 1 N–H and O–H groups in total. The molecule has 1 atom stereocenters. The highest BCUT2D eigenvalue weighted by atomic mass is 35.5. The molecule has 164 valence electrons. The van der Waals surface area contributed by atoms with Crippen LogP contribution in [0.3, 0.4) is 0 Å².